The summed E-state index contributed by atoms with van der Waals surface area (Å²) in [6.45, 7) is 7.98. The van der Waals surface area contributed by atoms with Crippen molar-refractivity contribution in [3.05, 3.63) is 75.4 Å². The number of carbonyl (C=O) groups excluding carboxylic acids is 1. The number of aromatic nitrogens is 3. The van der Waals surface area contributed by atoms with Gasteiger partial charge in [-0.05, 0) is 44.7 Å². The first-order valence-corrected chi connectivity index (χ1v) is 10.6. The van der Waals surface area contributed by atoms with Crippen molar-refractivity contribution in [2.45, 2.75) is 40.2 Å². The van der Waals surface area contributed by atoms with Crippen molar-refractivity contribution in [1.82, 2.24) is 19.9 Å². The predicted molar refractivity (Wildman–Crippen MR) is 117 cm³/mol. The summed E-state index contributed by atoms with van der Waals surface area (Å²) in [5.74, 6) is -0.00888. The maximum atomic E-state index is 12.7. The van der Waals surface area contributed by atoms with Crippen LogP contribution in [0.1, 0.15) is 40.5 Å². The fourth-order valence-electron chi connectivity index (χ4n) is 3.73. The van der Waals surface area contributed by atoms with E-state index >= 15 is 0 Å². The van der Waals surface area contributed by atoms with Gasteiger partial charge in [0.2, 0.25) is 5.91 Å². The van der Waals surface area contributed by atoms with Gasteiger partial charge < -0.3 is 5.32 Å². The molecule has 148 valence electrons. The summed E-state index contributed by atoms with van der Waals surface area (Å²) in [6, 6.07) is 14.2. The van der Waals surface area contributed by atoms with Crippen molar-refractivity contribution >= 4 is 22.9 Å². The summed E-state index contributed by atoms with van der Waals surface area (Å²) in [6.07, 6.45) is 0.288. The molecule has 4 rings (SSSR count). The van der Waals surface area contributed by atoms with Crippen LogP contribution in [0.3, 0.4) is 0 Å². The normalized spacial score (nSPS) is 12.3. The summed E-state index contributed by atoms with van der Waals surface area (Å²) in [5.41, 5.74) is 6.65. The molecule has 1 aromatic carbocycles. The van der Waals surface area contributed by atoms with Gasteiger partial charge in [0.25, 0.3) is 0 Å². The van der Waals surface area contributed by atoms with E-state index in [0.717, 1.165) is 44.3 Å². The molecule has 3 aromatic heterocycles. The molecule has 29 heavy (non-hydrogen) atoms. The van der Waals surface area contributed by atoms with Crippen molar-refractivity contribution in [2.24, 2.45) is 0 Å². The number of carbonyl (C=O) groups is 1. The van der Waals surface area contributed by atoms with E-state index in [-0.39, 0.29) is 18.4 Å². The molecular weight excluding hydrogens is 380 g/mol. The Labute approximate surface area is 174 Å². The van der Waals surface area contributed by atoms with E-state index in [1.807, 2.05) is 67.9 Å². The quantitative estimate of drug-likeness (QED) is 0.520. The molecule has 4 aromatic rings. The van der Waals surface area contributed by atoms with Crippen LogP contribution in [-0.4, -0.2) is 20.5 Å². The van der Waals surface area contributed by atoms with Crippen LogP contribution >= 0.6 is 11.3 Å². The van der Waals surface area contributed by atoms with E-state index in [2.05, 4.69) is 17.4 Å². The van der Waals surface area contributed by atoms with Gasteiger partial charge in [0, 0.05) is 27.4 Å². The zero-order chi connectivity index (χ0) is 20.5. The standard InChI is InChI=1S/C23H24N4OS/c1-14-19(13-21(28)24-15(2)20-11-8-12-29-20)17(4)27-23(25-14)22(16(3)26-27)18-9-6-5-7-10-18/h5-12,15H,13H2,1-4H3,(H,24,28)/t15-/m1/s1. The largest absolute Gasteiger partial charge is 0.348 e. The smallest absolute Gasteiger partial charge is 0.225 e. The van der Waals surface area contributed by atoms with Gasteiger partial charge in [-0.1, -0.05) is 36.4 Å². The van der Waals surface area contributed by atoms with Crippen LogP contribution in [0, 0.1) is 20.8 Å². The highest BCUT2D eigenvalue weighted by atomic mass is 32.1. The van der Waals surface area contributed by atoms with Crippen LogP contribution in [0.4, 0.5) is 0 Å². The first-order valence-electron chi connectivity index (χ1n) is 9.69. The average molecular weight is 405 g/mol. The van der Waals surface area contributed by atoms with Crippen molar-refractivity contribution in [2.75, 3.05) is 0 Å². The minimum Gasteiger partial charge on any atom is -0.348 e. The summed E-state index contributed by atoms with van der Waals surface area (Å²) in [7, 11) is 0. The number of thiophene rings is 1. The fourth-order valence-corrected chi connectivity index (χ4v) is 4.46. The summed E-state index contributed by atoms with van der Waals surface area (Å²) in [4.78, 5) is 18.7. The number of fused-ring (bicyclic) bond motifs is 1. The first-order chi connectivity index (χ1) is 14.0. The molecule has 0 fully saturated rings. The van der Waals surface area contributed by atoms with Gasteiger partial charge in [-0.2, -0.15) is 5.10 Å². The molecule has 0 aliphatic carbocycles. The Balaban J connectivity index is 1.67. The fraction of sp³-hybridized carbons (Fsp3) is 0.261. The second-order valence-electron chi connectivity index (χ2n) is 7.30. The molecule has 5 nitrogen and oxygen atoms in total. The number of amides is 1. The molecule has 0 saturated carbocycles. The highest BCUT2D eigenvalue weighted by molar-refractivity contribution is 7.10. The van der Waals surface area contributed by atoms with Crippen molar-refractivity contribution < 1.29 is 4.79 Å². The monoisotopic (exact) mass is 404 g/mol. The van der Waals surface area contributed by atoms with Crippen LogP contribution in [0.5, 0.6) is 0 Å². The van der Waals surface area contributed by atoms with Gasteiger partial charge in [-0.3, -0.25) is 4.79 Å². The lowest BCUT2D eigenvalue weighted by molar-refractivity contribution is -0.121. The number of benzene rings is 1. The molecule has 0 bridgehead atoms. The maximum Gasteiger partial charge on any atom is 0.225 e. The molecule has 0 aliphatic heterocycles. The maximum absolute atomic E-state index is 12.7. The third-order valence-corrected chi connectivity index (χ3v) is 6.30. The topological polar surface area (TPSA) is 59.3 Å². The van der Waals surface area contributed by atoms with Crippen molar-refractivity contribution in [3.63, 3.8) is 0 Å². The molecule has 0 spiro atoms. The number of hydrogen-bond acceptors (Lipinski definition) is 4. The molecule has 0 unspecified atom stereocenters. The Hall–Kier alpha value is -2.99. The molecule has 1 N–H and O–H groups in total. The highest BCUT2D eigenvalue weighted by Gasteiger charge is 2.20. The number of rotatable bonds is 5. The average Bonchev–Trinajstić information content (AvgIpc) is 3.34. The van der Waals surface area contributed by atoms with E-state index in [0.29, 0.717) is 0 Å². The van der Waals surface area contributed by atoms with Crippen LogP contribution in [-0.2, 0) is 11.2 Å². The van der Waals surface area contributed by atoms with Crippen LogP contribution in [0.25, 0.3) is 16.8 Å². The van der Waals surface area contributed by atoms with E-state index in [9.17, 15) is 4.79 Å². The van der Waals surface area contributed by atoms with Crippen molar-refractivity contribution in [3.8, 4) is 11.1 Å². The van der Waals surface area contributed by atoms with Gasteiger partial charge in [0.1, 0.15) is 0 Å². The summed E-state index contributed by atoms with van der Waals surface area (Å²) < 4.78 is 1.87. The second kappa shape index (κ2) is 7.79. The Morgan fingerprint density at radius 1 is 1.10 bits per heavy atom. The Bertz CT molecular complexity index is 1160. The third-order valence-electron chi connectivity index (χ3n) is 5.25. The lowest BCUT2D eigenvalue weighted by Gasteiger charge is -2.15. The minimum absolute atomic E-state index is 0.00330. The van der Waals surface area contributed by atoms with Crippen LogP contribution in [0.15, 0.2) is 47.8 Å². The van der Waals surface area contributed by atoms with Gasteiger partial charge in [0.15, 0.2) is 5.65 Å². The molecule has 0 saturated heterocycles. The van der Waals surface area contributed by atoms with Gasteiger partial charge in [-0.25, -0.2) is 9.50 Å². The lowest BCUT2D eigenvalue weighted by Crippen LogP contribution is -2.28. The SMILES string of the molecule is Cc1nc2c(-c3ccccc3)c(C)nn2c(C)c1CC(=O)N[C@H](C)c1cccs1. The Kier molecular flexibility index (Phi) is 5.20. The summed E-state index contributed by atoms with van der Waals surface area (Å²) in [5, 5.41) is 9.84. The zero-order valence-corrected chi connectivity index (χ0v) is 17.9. The Morgan fingerprint density at radius 3 is 2.55 bits per heavy atom. The van der Waals surface area contributed by atoms with Gasteiger partial charge >= 0.3 is 0 Å². The van der Waals surface area contributed by atoms with Gasteiger partial charge in [0.05, 0.1) is 18.2 Å². The van der Waals surface area contributed by atoms with Crippen LogP contribution < -0.4 is 5.32 Å². The number of hydrogen-bond donors (Lipinski definition) is 1. The minimum atomic E-state index is -0.00888. The third kappa shape index (κ3) is 3.68. The molecule has 1 amide bonds. The van der Waals surface area contributed by atoms with E-state index in [1.54, 1.807) is 11.3 Å². The number of nitrogens with zero attached hydrogens (tertiary/aromatic N) is 3. The molecule has 3 heterocycles. The van der Waals surface area contributed by atoms with Crippen molar-refractivity contribution in [1.29, 1.82) is 0 Å². The Morgan fingerprint density at radius 2 is 1.86 bits per heavy atom. The molecule has 0 aliphatic rings. The molecular formula is C23H24N4OS. The molecule has 0 radical (unpaired) electrons. The predicted octanol–water partition coefficient (Wildman–Crippen LogP) is 4.80. The lowest BCUT2D eigenvalue weighted by atomic mass is 10.1. The molecule has 1 atom stereocenters. The van der Waals surface area contributed by atoms with Gasteiger partial charge in [-0.15, -0.1) is 11.3 Å². The zero-order valence-electron chi connectivity index (χ0n) is 17.1. The van der Waals surface area contributed by atoms with E-state index in [4.69, 9.17) is 10.1 Å². The highest BCUT2D eigenvalue weighted by Crippen LogP contribution is 2.29. The van der Waals surface area contributed by atoms with E-state index < -0.39 is 0 Å². The van der Waals surface area contributed by atoms with Crippen LogP contribution in [0.2, 0.25) is 0 Å². The number of aryl methyl sites for hydroxylation is 3. The number of nitrogens with one attached hydrogen (secondary N) is 1. The second-order valence-corrected chi connectivity index (χ2v) is 8.28. The first kappa shape index (κ1) is 19.3. The summed E-state index contributed by atoms with van der Waals surface area (Å²) >= 11 is 1.65. The van der Waals surface area contributed by atoms with E-state index in [1.165, 1.54) is 0 Å². The molecule has 6 heteroatoms.